The first kappa shape index (κ1) is 26.2. The number of benzene rings is 2. The number of hydrogen-bond acceptors (Lipinski definition) is 5. The van der Waals surface area contributed by atoms with Gasteiger partial charge in [-0.05, 0) is 36.5 Å². The molecule has 2 aromatic carbocycles. The number of rotatable bonds is 10. The summed E-state index contributed by atoms with van der Waals surface area (Å²) in [7, 11) is 0. The van der Waals surface area contributed by atoms with Crippen LogP contribution in [0.2, 0.25) is 0 Å². The highest BCUT2D eigenvalue weighted by atomic mass is 16.5. The normalized spacial score (nSPS) is 17.2. The number of anilines is 1. The Balaban J connectivity index is 1.24. The monoisotopic (exact) mass is 512 g/mol. The van der Waals surface area contributed by atoms with Crippen molar-refractivity contribution in [2.45, 2.75) is 44.9 Å². The predicted molar refractivity (Wildman–Crippen MR) is 155 cm³/mol. The number of aromatic nitrogens is 2. The topological polar surface area (TPSA) is 50.6 Å². The third kappa shape index (κ3) is 6.93. The molecule has 2 heterocycles. The van der Waals surface area contributed by atoms with Gasteiger partial charge in [-0.1, -0.05) is 92.8 Å². The average molecular weight is 513 g/mol. The summed E-state index contributed by atoms with van der Waals surface area (Å²) in [6.07, 6.45) is 15.2. The summed E-state index contributed by atoms with van der Waals surface area (Å²) in [5.74, 6) is 1.25. The van der Waals surface area contributed by atoms with E-state index in [0.29, 0.717) is 12.4 Å². The molecule has 1 saturated carbocycles. The lowest BCUT2D eigenvalue weighted by Crippen LogP contribution is -2.47. The fourth-order valence-corrected chi connectivity index (χ4v) is 5.64. The van der Waals surface area contributed by atoms with Crippen molar-refractivity contribution in [2.24, 2.45) is 5.92 Å². The highest BCUT2D eigenvalue weighted by Gasteiger charge is 2.23. The van der Waals surface area contributed by atoms with Crippen LogP contribution in [0.1, 0.15) is 50.5 Å². The van der Waals surface area contributed by atoms with Gasteiger partial charge in [0.1, 0.15) is 5.69 Å². The van der Waals surface area contributed by atoms with Gasteiger partial charge in [-0.25, -0.2) is 0 Å². The van der Waals surface area contributed by atoms with E-state index < -0.39 is 0 Å². The van der Waals surface area contributed by atoms with E-state index in [1.165, 1.54) is 48.8 Å². The molecule has 1 aliphatic carbocycles. The smallest absolute Gasteiger partial charge is 0.316 e. The number of ether oxygens (including phenoxy) is 1. The zero-order valence-corrected chi connectivity index (χ0v) is 22.4. The second kappa shape index (κ2) is 13.4. The summed E-state index contributed by atoms with van der Waals surface area (Å²) in [4.78, 5) is 18.3. The van der Waals surface area contributed by atoms with E-state index in [-0.39, 0.29) is 5.56 Å². The lowest BCUT2D eigenvalue weighted by atomic mass is 9.86. The second-order valence-electron chi connectivity index (χ2n) is 10.5. The van der Waals surface area contributed by atoms with Gasteiger partial charge >= 0.3 is 5.56 Å². The van der Waals surface area contributed by atoms with Crippen molar-refractivity contribution in [3.05, 3.63) is 88.9 Å². The Morgan fingerprint density at radius 1 is 0.895 bits per heavy atom. The molecule has 0 atom stereocenters. The summed E-state index contributed by atoms with van der Waals surface area (Å²) in [6, 6.07) is 20.0. The Morgan fingerprint density at radius 2 is 1.61 bits per heavy atom. The van der Waals surface area contributed by atoms with E-state index in [2.05, 4.69) is 51.3 Å². The molecule has 200 valence electrons. The molecular weight excluding hydrogens is 472 g/mol. The van der Waals surface area contributed by atoms with Gasteiger partial charge in [0.2, 0.25) is 5.75 Å². The van der Waals surface area contributed by atoms with E-state index in [4.69, 9.17) is 4.74 Å². The van der Waals surface area contributed by atoms with Crippen LogP contribution in [0.4, 0.5) is 5.69 Å². The van der Waals surface area contributed by atoms with Crippen molar-refractivity contribution in [1.29, 1.82) is 0 Å². The third-order valence-corrected chi connectivity index (χ3v) is 7.83. The molecular formula is C32H40N4O2. The minimum atomic E-state index is -0.181. The number of piperazine rings is 1. The fraction of sp³-hybridized carbons (Fsp3) is 0.438. The lowest BCUT2D eigenvalue weighted by molar-refractivity contribution is 0.262. The first-order chi connectivity index (χ1) is 18.8. The van der Waals surface area contributed by atoms with E-state index in [1.807, 2.05) is 42.6 Å². The maximum absolute atomic E-state index is 13.6. The molecule has 38 heavy (non-hydrogen) atoms. The van der Waals surface area contributed by atoms with Crippen molar-refractivity contribution in [3.63, 3.8) is 0 Å². The Kier molecular flexibility index (Phi) is 9.27. The Hall–Kier alpha value is -3.38. The van der Waals surface area contributed by atoms with Crippen LogP contribution in [0, 0.1) is 5.92 Å². The number of para-hydroxylation sites is 1. The summed E-state index contributed by atoms with van der Waals surface area (Å²) in [6.45, 7) is 5.04. The zero-order valence-electron chi connectivity index (χ0n) is 22.4. The van der Waals surface area contributed by atoms with Gasteiger partial charge in [0, 0.05) is 32.7 Å². The van der Waals surface area contributed by atoms with E-state index in [0.717, 1.165) is 56.4 Å². The molecule has 3 aromatic rings. The molecule has 6 nitrogen and oxygen atoms in total. The van der Waals surface area contributed by atoms with Crippen molar-refractivity contribution < 1.29 is 4.74 Å². The van der Waals surface area contributed by atoms with Crippen LogP contribution in [0.25, 0.3) is 11.8 Å². The molecule has 0 N–H and O–H groups in total. The minimum Gasteiger partial charge on any atom is -0.486 e. The molecule has 1 saturated heterocycles. The molecule has 0 spiro atoms. The Labute approximate surface area is 226 Å². The molecule has 1 aliphatic heterocycles. The third-order valence-electron chi connectivity index (χ3n) is 7.83. The quantitative estimate of drug-likeness (QED) is 0.321. The SMILES string of the molecule is O=c1c(OCCCC2CCCCC2)c(N2CCN(C/C=C/c3ccccc3)CC2)cnn1-c1ccccc1. The van der Waals surface area contributed by atoms with Gasteiger partial charge in [0.25, 0.3) is 0 Å². The van der Waals surface area contributed by atoms with Crippen molar-refractivity contribution >= 4 is 11.8 Å². The van der Waals surface area contributed by atoms with Crippen LogP contribution in [-0.2, 0) is 0 Å². The second-order valence-corrected chi connectivity index (χ2v) is 10.5. The van der Waals surface area contributed by atoms with E-state index >= 15 is 0 Å². The molecule has 2 fully saturated rings. The largest absolute Gasteiger partial charge is 0.486 e. The molecule has 6 heteroatoms. The van der Waals surface area contributed by atoms with Crippen molar-refractivity contribution in [3.8, 4) is 11.4 Å². The first-order valence-electron chi connectivity index (χ1n) is 14.3. The lowest BCUT2D eigenvalue weighted by Gasteiger charge is -2.36. The predicted octanol–water partition coefficient (Wildman–Crippen LogP) is 5.81. The van der Waals surface area contributed by atoms with Gasteiger partial charge in [0.05, 0.1) is 18.5 Å². The van der Waals surface area contributed by atoms with Gasteiger partial charge in [-0.2, -0.15) is 9.78 Å². The van der Waals surface area contributed by atoms with E-state index in [1.54, 1.807) is 0 Å². The fourth-order valence-electron chi connectivity index (χ4n) is 5.64. The first-order valence-corrected chi connectivity index (χ1v) is 14.3. The van der Waals surface area contributed by atoms with Gasteiger partial charge in [-0.3, -0.25) is 9.69 Å². The maximum Gasteiger partial charge on any atom is 0.316 e. The standard InChI is InChI=1S/C32H40N4O2/c37-32-31(38-25-11-17-28-14-6-2-7-15-28)30(26-33-36(32)29-18-8-3-9-19-29)35-23-21-34(22-24-35)20-10-16-27-12-4-1-5-13-27/h1,3-5,8-10,12-13,16,18-19,26,28H,2,6-7,11,14-15,17,20-25H2/b16-10+. The summed E-state index contributed by atoms with van der Waals surface area (Å²) >= 11 is 0. The molecule has 0 radical (unpaired) electrons. The number of hydrogen-bond donors (Lipinski definition) is 0. The highest BCUT2D eigenvalue weighted by molar-refractivity contribution is 5.57. The van der Waals surface area contributed by atoms with Gasteiger partial charge in [-0.15, -0.1) is 0 Å². The molecule has 0 amide bonds. The van der Waals surface area contributed by atoms with Crippen molar-refractivity contribution in [2.75, 3.05) is 44.2 Å². The van der Waals surface area contributed by atoms with Crippen LogP contribution in [0.5, 0.6) is 5.75 Å². The van der Waals surface area contributed by atoms with Gasteiger partial charge in [0.15, 0.2) is 0 Å². The molecule has 1 aromatic heterocycles. The molecule has 5 rings (SSSR count). The van der Waals surface area contributed by atoms with Crippen LogP contribution in [-0.4, -0.2) is 54.0 Å². The highest BCUT2D eigenvalue weighted by Crippen LogP contribution is 2.29. The van der Waals surface area contributed by atoms with E-state index in [9.17, 15) is 4.79 Å². The van der Waals surface area contributed by atoms with Crippen LogP contribution >= 0.6 is 0 Å². The van der Waals surface area contributed by atoms with Crippen molar-refractivity contribution in [1.82, 2.24) is 14.7 Å². The van der Waals surface area contributed by atoms with Crippen LogP contribution in [0.15, 0.2) is 77.7 Å². The summed E-state index contributed by atoms with van der Waals surface area (Å²) in [5, 5.41) is 4.55. The maximum atomic E-state index is 13.6. The van der Waals surface area contributed by atoms with Crippen LogP contribution < -0.4 is 15.2 Å². The van der Waals surface area contributed by atoms with Crippen LogP contribution in [0.3, 0.4) is 0 Å². The minimum absolute atomic E-state index is 0.181. The Morgan fingerprint density at radius 3 is 2.34 bits per heavy atom. The zero-order chi connectivity index (χ0) is 26.0. The molecule has 2 aliphatic rings. The van der Waals surface area contributed by atoms with Gasteiger partial charge < -0.3 is 9.64 Å². The molecule has 0 bridgehead atoms. The molecule has 0 unspecified atom stereocenters. The number of nitrogens with zero attached hydrogens (tertiary/aromatic N) is 4. The summed E-state index contributed by atoms with van der Waals surface area (Å²) < 4.78 is 7.74. The Bertz CT molecular complexity index is 1210. The average Bonchev–Trinajstić information content (AvgIpc) is 2.98. The summed E-state index contributed by atoms with van der Waals surface area (Å²) in [5.41, 5.74) is 2.62.